The number of amides is 1. The molecule has 0 aliphatic rings. The van der Waals surface area contributed by atoms with Gasteiger partial charge in [0.05, 0.1) is 6.26 Å². The minimum atomic E-state index is 0.0923. The fraction of sp³-hybridized carbons (Fsp3) is 0.316. The first-order valence-electron chi connectivity index (χ1n) is 8.08. The average Bonchev–Trinajstić information content (AvgIpc) is 3.21. The molecule has 3 aromatic rings. The molecule has 1 atom stereocenters. The molecule has 2 heterocycles. The highest BCUT2D eigenvalue weighted by Crippen LogP contribution is 2.15. The van der Waals surface area contributed by atoms with Crippen LogP contribution in [0.3, 0.4) is 0 Å². The van der Waals surface area contributed by atoms with Crippen LogP contribution in [0.15, 0.2) is 59.3 Å². The minimum absolute atomic E-state index is 0.0923. The second-order valence-electron chi connectivity index (χ2n) is 5.90. The fourth-order valence-electron chi connectivity index (χ4n) is 2.79. The van der Waals surface area contributed by atoms with Crippen LogP contribution < -0.4 is 5.32 Å². The molecule has 4 heteroatoms. The summed E-state index contributed by atoms with van der Waals surface area (Å²) in [6.45, 7) is 2.73. The van der Waals surface area contributed by atoms with Gasteiger partial charge in [-0.3, -0.25) is 4.79 Å². The van der Waals surface area contributed by atoms with Gasteiger partial charge in [0, 0.05) is 37.1 Å². The maximum absolute atomic E-state index is 12.1. The van der Waals surface area contributed by atoms with Crippen molar-refractivity contribution in [2.45, 2.75) is 38.8 Å². The van der Waals surface area contributed by atoms with Crippen LogP contribution in [-0.4, -0.2) is 16.5 Å². The van der Waals surface area contributed by atoms with E-state index in [9.17, 15) is 4.79 Å². The van der Waals surface area contributed by atoms with Gasteiger partial charge in [-0.1, -0.05) is 18.2 Å². The van der Waals surface area contributed by atoms with Crippen molar-refractivity contribution in [2.75, 3.05) is 0 Å². The number of benzene rings is 1. The number of aryl methyl sites for hydroxylation is 2. The lowest BCUT2D eigenvalue weighted by Crippen LogP contribution is -2.33. The van der Waals surface area contributed by atoms with Gasteiger partial charge in [-0.05, 0) is 43.0 Å². The Balaban J connectivity index is 1.45. The first-order chi connectivity index (χ1) is 11.2. The first kappa shape index (κ1) is 15.4. The smallest absolute Gasteiger partial charge is 0.221 e. The molecule has 0 fully saturated rings. The summed E-state index contributed by atoms with van der Waals surface area (Å²) in [6, 6.07) is 14.3. The van der Waals surface area contributed by atoms with E-state index in [1.165, 1.54) is 10.9 Å². The number of para-hydroxylation sites is 1. The summed E-state index contributed by atoms with van der Waals surface area (Å²) in [5.41, 5.74) is 1.17. The second-order valence-corrected chi connectivity index (χ2v) is 5.90. The first-order valence-corrected chi connectivity index (χ1v) is 8.08. The van der Waals surface area contributed by atoms with Crippen LogP contribution in [0.1, 0.15) is 25.5 Å². The molecule has 1 unspecified atom stereocenters. The number of carbonyl (C=O) groups excluding carboxylic acids is 1. The van der Waals surface area contributed by atoms with Gasteiger partial charge in [0.2, 0.25) is 5.91 Å². The molecule has 0 radical (unpaired) electrons. The maximum Gasteiger partial charge on any atom is 0.221 e. The van der Waals surface area contributed by atoms with E-state index in [4.69, 9.17) is 4.42 Å². The molecule has 0 saturated carbocycles. The van der Waals surface area contributed by atoms with Crippen molar-refractivity contribution in [2.24, 2.45) is 0 Å². The molecule has 0 bridgehead atoms. The van der Waals surface area contributed by atoms with Gasteiger partial charge in [0.15, 0.2) is 0 Å². The number of fused-ring (bicyclic) bond motifs is 1. The summed E-state index contributed by atoms with van der Waals surface area (Å²) in [5.74, 6) is 1.06. The molecule has 0 aliphatic heterocycles. The Hall–Kier alpha value is -2.49. The van der Waals surface area contributed by atoms with E-state index in [2.05, 4.69) is 28.1 Å². The third-order valence-corrected chi connectivity index (χ3v) is 4.07. The fourth-order valence-corrected chi connectivity index (χ4v) is 2.79. The number of aromatic nitrogens is 1. The molecule has 0 aliphatic carbocycles. The van der Waals surface area contributed by atoms with E-state index in [-0.39, 0.29) is 11.9 Å². The minimum Gasteiger partial charge on any atom is -0.469 e. The Kier molecular flexibility index (Phi) is 4.81. The quantitative estimate of drug-likeness (QED) is 0.722. The highest BCUT2D eigenvalue weighted by Gasteiger charge is 2.09. The largest absolute Gasteiger partial charge is 0.469 e. The lowest BCUT2D eigenvalue weighted by Gasteiger charge is -2.13. The van der Waals surface area contributed by atoms with Gasteiger partial charge in [-0.2, -0.15) is 0 Å². The van der Waals surface area contributed by atoms with E-state index in [0.717, 1.165) is 18.6 Å². The van der Waals surface area contributed by atoms with Gasteiger partial charge in [-0.15, -0.1) is 0 Å². The third-order valence-electron chi connectivity index (χ3n) is 4.07. The van der Waals surface area contributed by atoms with E-state index in [1.807, 2.05) is 37.4 Å². The maximum atomic E-state index is 12.1. The average molecular weight is 310 g/mol. The number of hydrogen-bond donors (Lipinski definition) is 1. The standard InChI is InChI=1S/C19H22N2O2/c1-15(8-9-17-6-4-14-23-17)20-19(22)11-13-21-12-10-16-5-2-3-7-18(16)21/h2-7,10,12,14-15H,8-9,11,13H2,1H3,(H,20,22). The Morgan fingerprint density at radius 2 is 2.09 bits per heavy atom. The predicted molar refractivity (Wildman–Crippen MR) is 91.2 cm³/mol. The molecule has 1 aromatic carbocycles. The van der Waals surface area contributed by atoms with Crippen LogP contribution in [0.4, 0.5) is 0 Å². The zero-order valence-electron chi connectivity index (χ0n) is 13.4. The lowest BCUT2D eigenvalue weighted by atomic mass is 10.1. The molecule has 23 heavy (non-hydrogen) atoms. The molecule has 1 N–H and O–H groups in total. The van der Waals surface area contributed by atoms with Crippen molar-refractivity contribution in [1.29, 1.82) is 0 Å². The summed E-state index contributed by atoms with van der Waals surface area (Å²) in [4.78, 5) is 12.1. The Bertz CT molecular complexity index is 759. The van der Waals surface area contributed by atoms with Gasteiger partial charge in [-0.25, -0.2) is 0 Å². The lowest BCUT2D eigenvalue weighted by molar-refractivity contribution is -0.121. The molecule has 2 aromatic heterocycles. The summed E-state index contributed by atoms with van der Waals surface area (Å²) in [6.07, 6.45) is 5.93. The van der Waals surface area contributed by atoms with Gasteiger partial charge < -0.3 is 14.3 Å². The van der Waals surface area contributed by atoms with Crippen molar-refractivity contribution >= 4 is 16.8 Å². The van der Waals surface area contributed by atoms with E-state index in [0.29, 0.717) is 13.0 Å². The third kappa shape index (κ3) is 4.03. The van der Waals surface area contributed by atoms with E-state index < -0.39 is 0 Å². The van der Waals surface area contributed by atoms with Crippen LogP contribution in [0.25, 0.3) is 10.9 Å². The monoisotopic (exact) mass is 310 g/mol. The normalized spacial score (nSPS) is 12.4. The molecule has 0 saturated heterocycles. The number of nitrogens with zero attached hydrogens (tertiary/aromatic N) is 1. The van der Waals surface area contributed by atoms with Crippen LogP contribution in [0, 0.1) is 0 Å². The molecule has 4 nitrogen and oxygen atoms in total. The van der Waals surface area contributed by atoms with E-state index in [1.54, 1.807) is 6.26 Å². The van der Waals surface area contributed by atoms with Crippen LogP contribution in [0.2, 0.25) is 0 Å². The summed E-state index contributed by atoms with van der Waals surface area (Å²) in [7, 11) is 0. The number of furan rings is 1. The van der Waals surface area contributed by atoms with Crippen molar-refractivity contribution in [1.82, 2.24) is 9.88 Å². The van der Waals surface area contributed by atoms with Gasteiger partial charge in [0.1, 0.15) is 5.76 Å². The molecule has 1 amide bonds. The number of carbonyl (C=O) groups is 1. The van der Waals surface area contributed by atoms with Crippen molar-refractivity contribution in [3.8, 4) is 0 Å². The summed E-state index contributed by atoms with van der Waals surface area (Å²) < 4.78 is 7.44. The summed E-state index contributed by atoms with van der Waals surface area (Å²) in [5, 5.41) is 4.27. The van der Waals surface area contributed by atoms with Crippen molar-refractivity contribution in [3.63, 3.8) is 0 Å². The second kappa shape index (κ2) is 7.18. The van der Waals surface area contributed by atoms with Crippen LogP contribution in [0.5, 0.6) is 0 Å². The SMILES string of the molecule is CC(CCc1ccco1)NC(=O)CCn1ccc2ccccc21. The number of rotatable bonds is 7. The van der Waals surface area contributed by atoms with E-state index >= 15 is 0 Å². The topological polar surface area (TPSA) is 47.2 Å². The zero-order chi connectivity index (χ0) is 16.1. The van der Waals surface area contributed by atoms with Crippen LogP contribution >= 0.6 is 0 Å². The Morgan fingerprint density at radius 1 is 1.22 bits per heavy atom. The Morgan fingerprint density at radius 3 is 2.91 bits per heavy atom. The highest BCUT2D eigenvalue weighted by molar-refractivity contribution is 5.80. The molecular formula is C19H22N2O2. The number of nitrogens with one attached hydrogen (secondary N) is 1. The summed E-state index contributed by atoms with van der Waals surface area (Å²) >= 11 is 0. The molecular weight excluding hydrogens is 288 g/mol. The van der Waals surface area contributed by atoms with Crippen molar-refractivity contribution < 1.29 is 9.21 Å². The van der Waals surface area contributed by atoms with Gasteiger partial charge in [0.25, 0.3) is 0 Å². The predicted octanol–water partition coefficient (Wildman–Crippen LogP) is 3.76. The Labute approximate surface area is 136 Å². The zero-order valence-corrected chi connectivity index (χ0v) is 13.4. The highest BCUT2D eigenvalue weighted by atomic mass is 16.3. The van der Waals surface area contributed by atoms with Gasteiger partial charge >= 0.3 is 0 Å². The van der Waals surface area contributed by atoms with Crippen molar-refractivity contribution in [3.05, 3.63) is 60.7 Å². The molecule has 0 spiro atoms. The molecule has 3 rings (SSSR count). The number of hydrogen-bond acceptors (Lipinski definition) is 2. The molecule has 120 valence electrons. The van der Waals surface area contributed by atoms with Crippen LogP contribution in [-0.2, 0) is 17.8 Å².